The van der Waals surface area contributed by atoms with Gasteiger partial charge in [0.1, 0.15) is 4.71 Å². The van der Waals surface area contributed by atoms with Crippen LogP contribution in [0.4, 0.5) is 0 Å². The SMILES string of the molecule is Cc1ccc(S(=O)C(Cl)C(CC(=O)N(C)C)c2ccccc2)cc1. The van der Waals surface area contributed by atoms with Gasteiger partial charge >= 0.3 is 0 Å². The van der Waals surface area contributed by atoms with Crippen LogP contribution in [0.5, 0.6) is 0 Å². The molecule has 3 nitrogen and oxygen atoms in total. The molecule has 0 spiro atoms. The van der Waals surface area contributed by atoms with E-state index in [-0.39, 0.29) is 18.2 Å². The number of hydrogen-bond donors (Lipinski definition) is 0. The van der Waals surface area contributed by atoms with Crippen molar-refractivity contribution in [3.05, 3.63) is 65.7 Å². The Morgan fingerprint density at radius 1 is 1.08 bits per heavy atom. The molecule has 5 heteroatoms. The second-order valence-electron chi connectivity index (χ2n) is 5.97. The lowest BCUT2D eigenvalue weighted by molar-refractivity contribution is -0.129. The summed E-state index contributed by atoms with van der Waals surface area (Å²) in [5, 5.41) is 0. The summed E-state index contributed by atoms with van der Waals surface area (Å²) in [5.74, 6) is -0.347. The first-order valence-corrected chi connectivity index (χ1v) is 9.41. The van der Waals surface area contributed by atoms with Crippen molar-refractivity contribution in [3.63, 3.8) is 0 Å². The molecule has 2 aromatic carbocycles. The maximum absolute atomic E-state index is 12.9. The summed E-state index contributed by atoms with van der Waals surface area (Å²) in [4.78, 5) is 14.4. The molecule has 0 aliphatic rings. The molecule has 0 aromatic heterocycles. The zero-order chi connectivity index (χ0) is 17.7. The molecular weight excluding hydrogens is 342 g/mol. The van der Waals surface area contributed by atoms with E-state index in [4.69, 9.17) is 11.6 Å². The van der Waals surface area contributed by atoms with Crippen molar-refractivity contribution in [2.45, 2.75) is 28.9 Å². The van der Waals surface area contributed by atoms with Crippen molar-refractivity contribution in [2.75, 3.05) is 14.1 Å². The Bertz CT molecular complexity index is 701. The van der Waals surface area contributed by atoms with E-state index in [0.717, 1.165) is 11.1 Å². The van der Waals surface area contributed by atoms with E-state index >= 15 is 0 Å². The third-order valence-electron chi connectivity index (χ3n) is 3.90. The molecule has 0 heterocycles. The lowest BCUT2D eigenvalue weighted by Gasteiger charge is -2.23. The molecule has 24 heavy (non-hydrogen) atoms. The summed E-state index contributed by atoms with van der Waals surface area (Å²) in [6.07, 6.45) is 0.225. The van der Waals surface area contributed by atoms with Gasteiger partial charge in [-0.3, -0.25) is 9.00 Å². The quantitative estimate of drug-likeness (QED) is 0.729. The molecule has 0 fully saturated rings. The number of carbonyl (C=O) groups is 1. The third kappa shape index (κ3) is 4.68. The van der Waals surface area contributed by atoms with Crippen molar-refractivity contribution in [3.8, 4) is 0 Å². The van der Waals surface area contributed by atoms with Crippen LogP contribution in [0.15, 0.2) is 59.5 Å². The fraction of sp³-hybridized carbons (Fsp3) is 0.316. The van der Waals surface area contributed by atoms with Crippen molar-refractivity contribution in [2.24, 2.45) is 0 Å². The monoisotopic (exact) mass is 363 g/mol. The molecule has 128 valence electrons. The van der Waals surface area contributed by atoms with Crippen LogP contribution in [-0.2, 0) is 15.6 Å². The van der Waals surface area contributed by atoms with Gasteiger partial charge in [-0.15, -0.1) is 11.6 Å². The van der Waals surface area contributed by atoms with E-state index in [2.05, 4.69) is 0 Å². The average Bonchev–Trinajstić information content (AvgIpc) is 2.59. The van der Waals surface area contributed by atoms with Gasteiger partial charge in [0, 0.05) is 31.3 Å². The van der Waals surface area contributed by atoms with Gasteiger partial charge < -0.3 is 4.90 Å². The first-order valence-electron chi connectivity index (χ1n) is 7.76. The Morgan fingerprint density at radius 2 is 1.67 bits per heavy atom. The summed E-state index contributed by atoms with van der Waals surface area (Å²) in [7, 11) is 2.02. The molecule has 0 radical (unpaired) electrons. The Hall–Kier alpha value is -1.65. The van der Waals surface area contributed by atoms with Gasteiger partial charge in [-0.1, -0.05) is 48.0 Å². The minimum Gasteiger partial charge on any atom is -0.349 e. The van der Waals surface area contributed by atoms with Gasteiger partial charge in [-0.2, -0.15) is 0 Å². The highest BCUT2D eigenvalue weighted by Gasteiger charge is 2.30. The largest absolute Gasteiger partial charge is 0.349 e. The van der Waals surface area contributed by atoms with Crippen LogP contribution in [-0.4, -0.2) is 33.8 Å². The van der Waals surface area contributed by atoms with E-state index in [1.807, 2.05) is 61.5 Å². The summed E-state index contributed by atoms with van der Waals surface area (Å²) < 4.78 is 12.2. The molecule has 3 atom stereocenters. The van der Waals surface area contributed by atoms with Crippen LogP contribution in [0, 0.1) is 6.92 Å². The molecule has 0 N–H and O–H groups in total. The van der Waals surface area contributed by atoms with Gasteiger partial charge in [0.25, 0.3) is 0 Å². The van der Waals surface area contributed by atoms with Crippen LogP contribution in [0.3, 0.4) is 0 Å². The van der Waals surface area contributed by atoms with Crippen LogP contribution in [0.25, 0.3) is 0 Å². The molecule has 0 saturated heterocycles. The lowest BCUT2D eigenvalue weighted by atomic mass is 9.97. The maximum atomic E-state index is 12.9. The van der Waals surface area contributed by atoms with E-state index in [0.29, 0.717) is 4.90 Å². The Labute approximate surface area is 151 Å². The number of amides is 1. The van der Waals surface area contributed by atoms with E-state index in [1.165, 1.54) is 4.90 Å². The van der Waals surface area contributed by atoms with Crippen LogP contribution in [0.2, 0.25) is 0 Å². The maximum Gasteiger partial charge on any atom is 0.222 e. The number of nitrogens with zero attached hydrogens (tertiary/aromatic N) is 1. The Balaban J connectivity index is 2.29. The van der Waals surface area contributed by atoms with Crippen molar-refractivity contribution in [1.29, 1.82) is 0 Å². The number of aryl methyl sites for hydroxylation is 1. The van der Waals surface area contributed by atoms with Crippen LogP contribution in [0.1, 0.15) is 23.5 Å². The fourth-order valence-corrected chi connectivity index (χ4v) is 4.14. The number of alkyl halides is 1. The standard InChI is InChI=1S/C19H22ClNO2S/c1-14-9-11-16(12-10-14)24(23)19(20)17(13-18(22)21(2)3)15-7-5-4-6-8-15/h4-12,17,19H,13H2,1-3H3. The number of rotatable bonds is 6. The second kappa shape index (κ2) is 8.45. The normalized spacial score (nSPS) is 14.7. The van der Waals surface area contributed by atoms with E-state index in [9.17, 15) is 9.00 Å². The Kier molecular flexibility index (Phi) is 6.58. The van der Waals surface area contributed by atoms with Gasteiger partial charge in [-0.05, 0) is 24.6 Å². The molecule has 2 aromatic rings. The van der Waals surface area contributed by atoms with Gasteiger partial charge in [0.2, 0.25) is 5.91 Å². The van der Waals surface area contributed by atoms with Crippen molar-refractivity contribution in [1.82, 2.24) is 4.90 Å². The predicted molar refractivity (Wildman–Crippen MR) is 99.7 cm³/mol. The lowest BCUT2D eigenvalue weighted by Crippen LogP contribution is -2.28. The molecule has 0 aliphatic carbocycles. The average molecular weight is 364 g/mol. The topological polar surface area (TPSA) is 37.4 Å². The van der Waals surface area contributed by atoms with Gasteiger partial charge in [0.15, 0.2) is 0 Å². The van der Waals surface area contributed by atoms with Gasteiger partial charge in [-0.25, -0.2) is 0 Å². The first-order chi connectivity index (χ1) is 11.4. The molecule has 0 saturated carbocycles. The minimum absolute atomic E-state index is 0.0320. The molecule has 0 aliphatic heterocycles. The third-order valence-corrected chi connectivity index (χ3v) is 6.16. The van der Waals surface area contributed by atoms with Crippen molar-refractivity contribution < 1.29 is 9.00 Å². The van der Waals surface area contributed by atoms with E-state index in [1.54, 1.807) is 14.1 Å². The highest BCUT2D eigenvalue weighted by atomic mass is 35.5. The number of hydrogen-bond acceptors (Lipinski definition) is 2. The highest BCUT2D eigenvalue weighted by molar-refractivity contribution is 7.87. The van der Waals surface area contributed by atoms with Crippen LogP contribution < -0.4 is 0 Å². The zero-order valence-electron chi connectivity index (χ0n) is 14.1. The number of benzene rings is 2. The predicted octanol–water partition coefficient (Wildman–Crippen LogP) is 3.93. The molecular formula is C19H22ClNO2S. The van der Waals surface area contributed by atoms with E-state index < -0.39 is 15.5 Å². The zero-order valence-corrected chi connectivity index (χ0v) is 15.7. The summed E-state index contributed by atoms with van der Waals surface area (Å²) in [6.45, 7) is 1.98. The first kappa shape index (κ1) is 18.7. The summed E-state index contributed by atoms with van der Waals surface area (Å²) >= 11 is 6.58. The Morgan fingerprint density at radius 3 is 2.21 bits per heavy atom. The summed E-state index contributed by atoms with van der Waals surface area (Å²) in [5.41, 5.74) is 2.03. The molecule has 2 rings (SSSR count). The van der Waals surface area contributed by atoms with Crippen LogP contribution >= 0.6 is 11.6 Å². The van der Waals surface area contributed by atoms with Gasteiger partial charge in [0.05, 0.1) is 10.8 Å². The minimum atomic E-state index is -1.40. The smallest absolute Gasteiger partial charge is 0.222 e. The van der Waals surface area contributed by atoms with Crippen molar-refractivity contribution >= 4 is 28.3 Å². The highest BCUT2D eigenvalue weighted by Crippen LogP contribution is 2.32. The molecule has 1 amide bonds. The summed E-state index contributed by atoms with van der Waals surface area (Å²) in [6, 6.07) is 17.1. The second-order valence-corrected chi connectivity index (χ2v) is 8.27. The molecule has 0 bridgehead atoms. The number of halogens is 1. The number of carbonyl (C=O) groups excluding carboxylic acids is 1. The molecule has 3 unspecified atom stereocenters. The fourth-order valence-electron chi connectivity index (χ4n) is 2.38.